The number of hydrogen-bond donors (Lipinski definition) is 1. The predicted molar refractivity (Wildman–Crippen MR) is 83.7 cm³/mol. The van der Waals surface area contributed by atoms with Gasteiger partial charge in [0, 0.05) is 11.0 Å². The third-order valence-corrected chi connectivity index (χ3v) is 4.30. The molecule has 114 valence electrons. The van der Waals surface area contributed by atoms with E-state index in [4.69, 9.17) is 4.74 Å². The number of amides is 1. The molecular formula is C16H20BrNO3. The first kappa shape index (κ1) is 16.0. The summed E-state index contributed by atoms with van der Waals surface area (Å²) in [5.41, 5.74) is 1.27. The summed E-state index contributed by atoms with van der Waals surface area (Å²) in [4.78, 5) is 23.5. The van der Waals surface area contributed by atoms with Crippen LogP contribution in [-0.2, 0) is 20.7 Å². The zero-order valence-corrected chi connectivity index (χ0v) is 13.7. The van der Waals surface area contributed by atoms with Crippen LogP contribution in [0.3, 0.4) is 0 Å². The van der Waals surface area contributed by atoms with Gasteiger partial charge < -0.3 is 10.1 Å². The van der Waals surface area contributed by atoms with Crippen LogP contribution < -0.4 is 5.32 Å². The minimum Gasteiger partial charge on any atom is -0.465 e. The van der Waals surface area contributed by atoms with Crippen LogP contribution in [0.2, 0.25) is 0 Å². The topological polar surface area (TPSA) is 55.4 Å². The Labute approximate surface area is 133 Å². The van der Waals surface area contributed by atoms with Crippen molar-refractivity contribution in [2.75, 3.05) is 13.2 Å². The maximum Gasteiger partial charge on any atom is 0.318 e. The van der Waals surface area contributed by atoms with Gasteiger partial charge in [-0.3, -0.25) is 9.59 Å². The zero-order valence-electron chi connectivity index (χ0n) is 12.1. The quantitative estimate of drug-likeness (QED) is 0.653. The van der Waals surface area contributed by atoms with Gasteiger partial charge in [-0.15, -0.1) is 0 Å². The van der Waals surface area contributed by atoms with Crippen molar-refractivity contribution in [3.05, 3.63) is 34.3 Å². The van der Waals surface area contributed by atoms with Gasteiger partial charge in [-0.05, 0) is 49.8 Å². The number of rotatable bonds is 5. The maximum absolute atomic E-state index is 11.8. The summed E-state index contributed by atoms with van der Waals surface area (Å²) in [7, 11) is 0. The Morgan fingerprint density at radius 3 is 2.76 bits per heavy atom. The number of carbonyl (C=O) groups excluding carboxylic acids is 2. The van der Waals surface area contributed by atoms with Crippen molar-refractivity contribution >= 4 is 27.8 Å². The van der Waals surface area contributed by atoms with Crippen molar-refractivity contribution in [2.24, 2.45) is 11.8 Å². The molecule has 1 aromatic carbocycles. The summed E-state index contributed by atoms with van der Waals surface area (Å²) in [5.74, 6) is -0.925. The summed E-state index contributed by atoms with van der Waals surface area (Å²) in [6, 6.07) is 8.24. The smallest absolute Gasteiger partial charge is 0.318 e. The molecule has 1 saturated heterocycles. The largest absolute Gasteiger partial charge is 0.465 e. The molecule has 0 bridgehead atoms. The van der Waals surface area contributed by atoms with Crippen LogP contribution in [0.15, 0.2) is 28.7 Å². The summed E-state index contributed by atoms with van der Waals surface area (Å²) in [6.45, 7) is 2.71. The van der Waals surface area contributed by atoms with E-state index in [2.05, 4.69) is 33.4 Å². The third kappa shape index (κ3) is 4.56. The van der Waals surface area contributed by atoms with Gasteiger partial charge in [-0.1, -0.05) is 28.1 Å². The lowest BCUT2D eigenvalue weighted by Crippen LogP contribution is -2.45. The average Bonchev–Trinajstić information content (AvgIpc) is 2.48. The van der Waals surface area contributed by atoms with Crippen LogP contribution in [0, 0.1) is 11.8 Å². The molecule has 1 unspecified atom stereocenters. The Morgan fingerprint density at radius 1 is 1.38 bits per heavy atom. The maximum atomic E-state index is 11.8. The first-order valence-corrected chi connectivity index (χ1v) is 8.08. The Hall–Kier alpha value is -1.36. The van der Waals surface area contributed by atoms with Crippen molar-refractivity contribution in [3.63, 3.8) is 0 Å². The second-order valence-corrected chi connectivity index (χ2v) is 6.23. The van der Waals surface area contributed by atoms with Crippen LogP contribution in [0.1, 0.15) is 25.3 Å². The van der Waals surface area contributed by atoms with Crippen LogP contribution in [-0.4, -0.2) is 25.0 Å². The second-order valence-electron chi connectivity index (χ2n) is 5.32. The standard InChI is InChI=1S/C16H20BrNO3/c1-2-21-16(20)14-9-12(10-18-15(14)19)4-3-11-5-7-13(17)8-6-11/h5-8,12,14H,2-4,9-10H2,1H3,(H,18,19)/t12-,14?/m1/s1. The molecule has 1 amide bonds. The van der Waals surface area contributed by atoms with Crippen molar-refractivity contribution in [3.8, 4) is 0 Å². The Morgan fingerprint density at radius 2 is 2.10 bits per heavy atom. The molecule has 21 heavy (non-hydrogen) atoms. The summed E-state index contributed by atoms with van der Waals surface area (Å²) in [6.07, 6.45) is 2.49. The Bertz CT molecular complexity index is 501. The fraction of sp³-hybridized carbons (Fsp3) is 0.500. The lowest BCUT2D eigenvalue weighted by Gasteiger charge is -2.27. The van der Waals surface area contributed by atoms with Gasteiger partial charge >= 0.3 is 5.97 Å². The summed E-state index contributed by atoms with van der Waals surface area (Å²) < 4.78 is 6.04. The number of ether oxygens (including phenoxy) is 1. The van der Waals surface area contributed by atoms with E-state index < -0.39 is 11.9 Å². The average molecular weight is 354 g/mol. The van der Waals surface area contributed by atoms with Crippen molar-refractivity contribution in [1.82, 2.24) is 5.32 Å². The molecular weight excluding hydrogens is 334 g/mol. The van der Waals surface area contributed by atoms with Crippen molar-refractivity contribution in [1.29, 1.82) is 0 Å². The summed E-state index contributed by atoms with van der Waals surface area (Å²) >= 11 is 3.42. The van der Waals surface area contributed by atoms with Crippen molar-refractivity contribution in [2.45, 2.75) is 26.2 Å². The van der Waals surface area contributed by atoms with Gasteiger partial charge in [0.05, 0.1) is 6.61 Å². The fourth-order valence-electron chi connectivity index (χ4n) is 2.58. The third-order valence-electron chi connectivity index (χ3n) is 3.78. The van der Waals surface area contributed by atoms with Gasteiger partial charge in [0.15, 0.2) is 0 Å². The number of hydrogen-bond acceptors (Lipinski definition) is 3. The van der Waals surface area contributed by atoms with E-state index in [-0.39, 0.29) is 5.91 Å². The molecule has 0 radical (unpaired) electrons. The molecule has 0 aliphatic carbocycles. The zero-order chi connectivity index (χ0) is 15.2. The minimum atomic E-state index is -0.645. The number of carbonyl (C=O) groups is 2. The van der Waals surface area contributed by atoms with Gasteiger partial charge in [-0.25, -0.2) is 0 Å². The molecule has 1 fully saturated rings. The molecule has 1 aromatic rings. The van der Waals surface area contributed by atoms with Gasteiger partial charge in [0.25, 0.3) is 0 Å². The molecule has 4 nitrogen and oxygen atoms in total. The van der Waals surface area contributed by atoms with E-state index in [1.165, 1.54) is 5.56 Å². The molecule has 0 aromatic heterocycles. The van der Waals surface area contributed by atoms with Crippen LogP contribution >= 0.6 is 15.9 Å². The lowest BCUT2D eigenvalue weighted by atomic mass is 9.86. The number of aryl methyl sites for hydroxylation is 1. The Kier molecular flexibility index (Phi) is 5.79. The van der Waals surface area contributed by atoms with Gasteiger partial charge in [0.1, 0.15) is 5.92 Å². The highest BCUT2D eigenvalue weighted by atomic mass is 79.9. The van der Waals surface area contributed by atoms with Crippen LogP contribution in [0.4, 0.5) is 0 Å². The lowest BCUT2D eigenvalue weighted by molar-refractivity contribution is -0.154. The molecule has 1 N–H and O–H groups in total. The highest BCUT2D eigenvalue weighted by molar-refractivity contribution is 9.10. The molecule has 5 heteroatoms. The monoisotopic (exact) mass is 353 g/mol. The van der Waals surface area contributed by atoms with E-state index in [1.54, 1.807) is 6.92 Å². The SMILES string of the molecule is CCOC(=O)C1C[C@@H](CCc2ccc(Br)cc2)CNC1=O. The number of halogens is 1. The van der Waals surface area contributed by atoms with Crippen LogP contribution in [0.25, 0.3) is 0 Å². The van der Waals surface area contributed by atoms with E-state index in [9.17, 15) is 9.59 Å². The van der Waals surface area contributed by atoms with Gasteiger partial charge in [0.2, 0.25) is 5.91 Å². The van der Waals surface area contributed by atoms with E-state index in [0.717, 1.165) is 17.3 Å². The summed E-state index contributed by atoms with van der Waals surface area (Å²) in [5, 5.41) is 2.82. The number of piperidine rings is 1. The first-order valence-electron chi connectivity index (χ1n) is 7.29. The van der Waals surface area contributed by atoms with E-state index in [0.29, 0.717) is 25.5 Å². The molecule has 1 heterocycles. The second kappa shape index (κ2) is 7.59. The van der Waals surface area contributed by atoms with Crippen molar-refractivity contribution < 1.29 is 14.3 Å². The molecule has 2 rings (SSSR count). The number of esters is 1. The van der Waals surface area contributed by atoms with E-state index >= 15 is 0 Å². The molecule has 0 spiro atoms. The highest BCUT2D eigenvalue weighted by Gasteiger charge is 2.34. The number of nitrogens with one attached hydrogen (secondary N) is 1. The Balaban J connectivity index is 1.87. The molecule has 0 saturated carbocycles. The first-order chi connectivity index (χ1) is 10.1. The van der Waals surface area contributed by atoms with Crippen LogP contribution in [0.5, 0.6) is 0 Å². The van der Waals surface area contributed by atoms with Gasteiger partial charge in [-0.2, -0.15) is 0 Å². The molecule has 1 aliphatic heterocycles. The predicted octanol–water partition coefficient (Wildman–Crippen LogP) is 2.70. The fourth-order valence-corrected chi connectivity index (χ4v) is 2.84. The number of benzene rings is 1. The molecule has 2 atom stereocenters. The highest BCUT2D eigenvalue weighted by Crippen LogP contribution is 2.23. The minimum absolute atomic E-state index is 0.201. The molecule has 1 aliphatic rings. The normalized spacial score (nSPS) is 21.7. The van der Waals surface area contributed by atoms with E-state index in [1.807, 2.05) is 12.1 Å².